The highest BCUT2D eigenvalue weighted by Crippen LogP contribution is 2.18. The quantitative estimate of drug-likeness (QED) is 0.857. The average molecular weight is 309 g/mol. The van der Waals surface area contributed by atoms with Gasteiger partial charge in [0.1, 0.15) is 0 Å². The molecule has 1 rings (SSSR count). The first kappa shape index (κ1) is 18.3. The van der Waals surface area contributed by atoms with Crippen LogP contribution in [0.2, 0.25) is 0 Å². The van der Waals surface area contributed by atoms with Crippen molar-refractivity contribution in [2.75, 3.05) is 20.7 Å². The van der Waals surface area contributed by atoms with Crippen molar-refractivity contribution in [3.8, 4) is 0 Å². The molecule has 2 N–H and O–H groups in total. The summed E-state index contributed by atoms with van der Waals surface area (Å²) in [5.74, 6) is 0. The fourth-order valence-corrected chi connectivity index (χ4v) is 2.96. The summed E-state index contributed by atoms with van der Waals surface area (Å²) in [5, 5.41) is 0. The molecule has 0 spiro atoms. The van der Waals surface area contributed by atoms with Crippen LogP contribution in [0.3, 0.4) is 0 Å². The Hall–Kier alpha value is -0.660. The molecular weight excluding hydrogens is 288 g/mol. The summed E-state index contributed by atoms with van der Waals surface area (Å²) < 4.78 is 30.9. The Balaban J connectivity index is 0.00000324. The molecule has 1 atom stereocenters. The number of hydrogen-bond acceptors (Lipinski definition) is 4. The van der Waals surface area contributed by atoms with Gasteiger partial charge in [0.05, 0.1) is 11.5 Å². The Morgan fingerprint density at radius 1 is 1.42 bits per heavy atom. The van der Waals surface area contributed by atoms with E-state index in [4.69, 9.17) is 10.5 Å². The van der Waals surface area contributed by atoms with Gasteiger partial charge in [0.2, 0.25) is 10.0 Å². The Morgan fingerprint density at radius 2 is 2.05 bits per heavy atom. The van der Waals surface area contributed by atoms with E-state index in [-0.39, 0.29) is 29.9 Å². The highest BCUT2D eigenvalue weighted by molar-refractivity contribution is 7.89. The largest absolute Gasteiger partial charge is 0.380 e. The molecule has 110 valence electrons. The second-order valence-corrected chi connectivity index (χ2v) is 6.18. The minimum Gasteiger partial charge on any atom is -0.380 e. The van der Waals surface area contributed by atoms with Crippen molar-refractivity contribution in [2.24, 2.45) is 5.73 Å². The molecule has 0 saturated carbocycles. The van der Waals surface area contributed by atoms with Gasteiger partial charge in [-0.05, 0) is 24.6 Å². The van der Waals surface area contributed by atoms with Crippen molar-refractivity contribution >= 4 is 22.4 Å². The number of nitrogens with two attached hydrogens (primary N) is 1. The van der Waals surface area contributed by atoms with Gasteiger partial charge in [0, 0.05) is 26.7 Å². The van der Waals surface area contributed by atoms with Gasteiger partial charge in [-0.3, -0.25) is 0 Å². The third-order valence-electron chi connectivity index (χ3n) is 2.85. The second kappa shape index (κ2) is 7.81. The van der Waals surface area contributed by atoms with Crippen molar-refractivity contribution in [3.63, 3.8) is 0 Å². The van der Waals surface area contributed by atoms with Crippen LogP contribution in [0.5, 0.6) is 0 Å². The molecule has 0 aliphatic carbocycles. The van der Waals surface area contributed by atoms with Gasteiger partial charge in [-0.2, -0.15) is 4.31 Å². The van der Waals surface area contributed by atoms with Crippen LogP contribution in [-0.2, 0) is 21.4 Å². The SMILES string of the molecule is COCc1cccc(S(=O)(=O)N(C)C(C)CN)c1.Cl. The second-order valence-electron chi connectivity index (χ2n) is 4.19. The van der Waals surface area contributed by atoms with Gasteiger partial charge in [-0.25, -0.2) is 8.42 Å². The maximum atomic E-state index is 12.3. The van der Waals surface area contributed by atoms with Crippen LogP contribution in [0.15, 0.2) is 29.2 Å². The van der Waals surface area contributed by atoms with Crippen molar-refractivity contribution in [3.05, 3.63) is 29.8 Å². The zero-order valence-electron chi connectivity index (χ0n) is 11.4. The summed E-state index contributed by atoms with van der Waals surface area (Å²) >= 11 is 0. The predicted molar refractivity (Wildman–Crippen MR) is 77.9 cm³/mol. The molecule has 0 saturated heterocycles. The molecule has 0 heterocycles. The van der Waals surface area contributed by atoms with Gasteiger partial charge in [-0.1, -0.05) is 12.1 Å². The number of nitrogens with zero attached hydrogens (tertiary/aromatic N) is 1. The molecule has 1 aromatic rings. The van der Waals surface area contributed by atoms with Crippen molar-refractivity contribution in [2.45, 2.75) is 24.5 Å². The number of hydrogen-bond donors (Lipinski definition) is 1. The number of rotatable bonds is 6. The van der Waals surface area contributed by atoms with E-state index in [0.29, 0.717) is 6.61 Å². The molecule has 0 radical (unpaired) electrons. The smallest absolute Gasteiger partial charge is 0.243 e. The monoisotopic (exact) mass is 308 g/mol. The van der Waals surface area contributed by atoms with E-state index in [0.717, 1.165) is 5.56 Å². The van der Waals surface area contributed by atoms with E-state index >= 15 is 0 Å². The zero-order chi connectivity index (χ0) is 13.8. The van der Waals surface area contributed by atoms with Crippen LogP contribution in [0, 0.1) is 0 Å². The third kappa shape index (κ3) is 4.43. The molecule has 5 nitrogen and oxygen atoms in total. The van der Waals surface area contributed by atoms with Gasteiger partial charge in [0.25, 0.3) is 0 Å². The summed E-state index contributed by atoms with van der Waals surface area (Å²) in [6.07, 6.45) is 0. The van der Waals surface area contributed by atoms with Gasteiger partial charge >= 0.3 is 0 Å². The summed E-state index contributed by atoms with van der Waals surface area (Å²) in [6.45, 7) is 2.45. The van der Waals surface area contributed by atoms with E-state index in [1.165, 1.54) is 11.4 Å². The first-order chi connectivity index (χ1) is 8.43. The van der Waals surface area contributed by atoms with Crippen LogP contribution in [-0.4, -0.2) is 39.5 Å². The predicted octanol–water partition coefficient (Wildman–Crippen LogP) is 1.22. The first-order valence-electron chi connectivity index (χ1n) is 5.69. The maximum Gasteiger partial charge on any atom is 0.243 e. The average Bonchev–Trinajstić information content (AvgIpc) is 2.37. The molecule has 7 heteroatoms. The van der Waals surface area contributed by atoms with Gasteiger partial charge in [-0.15, -0.1) is 12.4 Å². The normalized spacial score (nSPS) is 13.1. The lowest BCUT2D eigenvalue weighted by atomic mass is 10.2. The van der Waals surface area contributed by atoms with Crippen LogP contribution in [0.25, 0.3) is 0 Å². The fraction of sp³-hybridized carbons (Fsp3) is 0.500. The molecular formula is C12H21ClN2O3S. The minimum absolute atomic E-state index is 0. The van der Waals surface area contributed by atoms with Crippen LogP contribution in [0.1, 0.15) is 12.5 Å². The topological polar surface area (TPSA) is 72.6 Å². The van der Waals surface area contributed by atoms with E-state index in [9.17, 15) is 8.42 Å². The molecule has 0 amide bonds. The Bertz CT molecular complexity index is 494. The number of methoxy groups -OCH3 is 1. The molecule has 1 aromatic carbocycles. The van der Waals surface area contributed by atoms with Crippen molar-refractivity contribution in [1.29, 1.82) is 0 Å². The summed E-state index contributed by atoms with van der Waals surface area (Å²) in [5.41, 5.74) is 6.33. The van der Waals surface area contributed by atoms with E-state index < -0.39 is 10.0 Å². The van der Waals surface area contributed by atoms with Crippen LogP contribution >= 0.6 is 12.4 Å². The Kier molecular flexibility index (Phi) is 7.54. The van der Waals surface area contributed by atoms with Gasteiger partial charge < -0.3 is 10.5 Å². The molecule has 0 aliphatic heterocycles. The molecule has 1 unspecified atom stereocenters. The Morgan fingerprint density at radius 3 is 2.58 bits per heavy atom. The van der Waals surface area contributed by atoms with E-state index in [1.807, 2.05) is 6.07 Å². The summed E-state index contributed by atoms with van der Waals surface area (Å²) in [7, 11) is -0.383. The van der Waals surface area contributed by atoms with Crippen molar-refractivity contribution in [1.82, 2.24) is 4.31 Å². The number of benzene rings is 1. The number of halogens is 1. The lowest BCUT2D eigenvalue weighted by Crippen LogP contribution is -2.39. The first-order valence-corrected chi connectivity index (χ1v) is 7.13. The fourth-order valence-electron chi connectivity index (χ4n) is 1.51. The Labute approximate surface area is 121 Å². The molecule has 0 bridgehead atoms. The summed E-state index contributed by atoms with van der Waals surface area (Å²) in [4.78, 5) is 0.264. The standard InChI is InChI=1S/C12H20N2O3S.ClH/c1-10(8-13)14(2)18(15,16)12-6-4-5-11(7-12)9-17-3;/h4-7,10H,8-9,13H2,1-3H3;1H. The molecule has 19 heavy (non-hydrogen) atoms. The maximum absolute atomic E-state index is 12.3. The highest BCUT2D eigenvalue weighted by Gasteiger charge is 2.24. The summed E-state index contributed by atoms with van der Waals surface area (Å²) in [6, 6.07) is 6.50. The van der Waals surface area contributed by atoms with Gasteiger partial charge in [0.15, 0.2) is 0 Å². The lowest BCUT2D eigenvalue weighted by molar-refractivity contribution is 0.184. The van der Waals surface area contributed by atoms with Crippen LogP contribution in [0.4, 0.5) is 0 Å². The van der Waals surface area contributed by atoms with Crippen LogP contribution < -0.4 is 5.73 Å². The molecule has 0 aromatic heterocycles. The van der Waals surface area contributed by atoms with E-state index in [1.54, 1.807) is 32.2 Å². The van der Waals surface area contributed by atoms with E-state index in [2.05, 4.69) is 0 Å². The zero-order valence-corrected chi connectivity index (χ0v) is 13.0. The highest BCUT2D eigenvalue weighted by atomic mass is 35.5. The van der Waals surface area contributed by atoms with Crippen molar-refractivity contribution < 1.29 is 13.2 Å². The minimum atomic E-state index is -3.49. The number of likely N-dealkylation sites (N-methyl/N-ethyl adjacent to an activating group) is 1. The number of sulfonamides is 1. The number of ether oxygens (including phenoxy) is 1. The lowest BCUT2D eigenvalue weighted by Gasteiger charge is -2.23. The molecule has 0 aliphatic rings. The molecule has 0 fully saturated rings. The third-order valence-corrected chi connectivity index (χ3v) is 4.82.